The zero-order valence-corrected chi connectivity index (χ0v) is 13.2. The van der Waals surface area contributed by atoms with Crippen LogP contribution >= 0.6 is 0 Å². The number of carboxylic acids is 1. The maximum atomic E-state index is 10.6. The summed E-state index contributed by atoms with van der Waals surface area (Å²) in [5.41, 5.74) is 2.55. The Morgan fingerprint density at radius 3 is 2.43 bits per heavy atom. The Morgan fingerprint density at radius 2 is 1.83 bits per heavy atom. The van der Waals surface area contributed by atoms with Crippen molar-refractivity contribution in [1.82, 2.24) is 0 Å². The summed E-state index contributed by atoms with van der Waals surface area (Å²) in [6.45, 7) is 2.88. The molecule has 0 fully saturated rings. The summed E-state index contributed by atoms with van der Waals surface area (Å²) < 4.78 is 5.62. The highest BCUT2D eigenvalue weighted by Crippen LogP contribution is 2.15. The molecule has 23 heavy (non-hydrogen) atoms. The van der Waals surface area contributed by atoms with Crippen LogP contribution in [-0.4, -0.2) is 23.9 Å². The van der Waals surface area contributed by atoms with Gasteiger partial charge in [0.15, 0.2) is 0 Å². The lowest BCUT2D eigenvalue weighted by atomic mass is 10.1. The van der Waals surface area contributed by atoms with Gasteiger partial charge >= 0.3 is 5.97 Å². The number of aliphatic imine (C=N–C) groups is 1. The molecule has 0 atom stereocenters. The van der Waals surface area contributed by atoms with Crippen molar-refractivity contribution in [2.24, 2.45) is 4.99 Å². The second kappa shape index (κ2) is 8.73. The van der Waals surface area contributed by atoms with Crippen molar-refractivity contribution >= 4 is 17.9 Å². The van der Waals surface area contributed by atoms with Crippen LogP contribution in [0.5, 0.6) is 5.75 Å². The van der Waals surface area contributed by atoms with E-state index in [9.17, 15) is 4.79 Å². The number of hydrogen-bond acceptors (Lipinski definition) is 3. The average Bonchev–Trinajstić information content (AvgIpc) is 2.55. The van der Waals surface area contributed by atoms with Gasteiger partial charge in [-0.15, -0.1) is 0 Å². The largest absolute Gasteiger partial charge is 0.494 e. The first-order chi connectivity index (χ1) is 11.2. The summed E-state index contributed by atoms with van der Waals surface area (Å²) in [4.78, 5) is 15.0. The third kappa shape index (κ3) is 5.94. The second-order valence-corrected chi connectivity index (χ2v) is 5.27. The number of benzene rings is 2. The predicted molar refractivity (Wildman–Crippen MR) is 91.9 cm³/mol. The molecule has 120 valence electrons. The van der Waals surface area contributed by atoms with Gasteiger partial charge in [0.2, 0.25) is 0 Å². The lowest BCUT2D eigenvalue weighted by Crippen LogP contribution is -1.99. The normalized spacial score (nSPS) is 10.8. The maximum absolute atomic E-state index is 10.6. The van der Waals surface area contributed by atoms with Crippen LogP contribution in [0.15, 0.2) is 53.5 Å². The van der Waals surface area contributed by atoms with Crippen LogP contribution in [0, 0.1) is 0 Å². The number of aliphatic carboxylic acids is 1. The molecule has 0 saturated carbocycles. The molecule has 0 saturated heterocycles. The first kappa shape index (κ1) is 16.7. The summed E-state index contributed by atoms with van der Waals surface area (Å²) in [7, 11) is 0. The van der Waals surface area contributed by atoms with Gasteiger partial charge in [-0.3, -0.25) is 9.79 Å². The van der Waals surface area contributed by atoms with E-state index in [4.69, 9.17) is 9.84 Å². The van der Waals surface area contributed by atoms with Gasteiger partial charge in [0, 0.05) is 6.21 Å². The van der Waals surface area contributed by atoms with Crippen LogP contribution in [0.3, 0.4) is 0 Å². The number of nitrogens with zero attached hydrogens (tertiary/aromatic N) is 1. The average molecular weight is 311 g/mol. The minimum absolute atomic E-state index is 0.0312. The smallest absolute Gasteiger partial charge is 0.307 e. The Labute approximate surface area is 136 Å². The molecule has 0 spiro atoms. The van der Waals surface area contributed by atoms with E-state index in [-0.39, 0.29) is 6.42 Å². The van der Waals surface area contributed by atoms with Crippen LogP contribution in [-0.2, 0) is 11.2 Å². The minimum Gasteiger partial charge on any atom is -0.494 e. The molecule has 0 unspecified atom stereocenters. The van der Waals surface area contributed by atoms with E-state index in [0.717, 1.165) is 42.0 Å². The van der Waals surface area contributed by atoms with Crippen molar-refractivity contribution in [3.63, 3.8) is 0 Å². The molecule has 4 heteroatoms. The molecule has 0 aliphatic carbocycles. The molecule has 4 nitrogen and oxygen atoms in total. The molecular formula is C19H21NO3. The fourth-order valence-corrected chi connectivity index (χ4v) is 2.01. The van der Waals surface area contributed by atoms with Crippen LogP contribution in [0.1, 0.15) is 30.9 Å². The Hall–Kier alpha value is -2.62. The zero-order chi connectivity index (χ0) is 16.5. The molecule has 2 rings (SSSR count). The van der Waals surface area contributed by atoms with E-state index >= 15 is 0 Å². The number of rotatable bonds is 8. The lowest BCUT2D eigenvalue weighted by molar-refractivity contribution is -0.136. The van der Waals surface area contributed by atoms with Gasteiger partial charge in [0.25, 0.3) is 0 Å². The Kier molecular flexibility index (Phi) is 6.36. The molecule has 1 N–H and O–H groups in total. The SMILES string of the molecule is CCCCOc1ccc(C=Nc2ccc(CC(=O)O)cc2)cc1. The fraction of sp³-hybridized carbons (Fsp3) is 0.263. The van der Waals surface area contributed by atoms with Crippen LogP contribution in [0.2, 0.25) is 0 Å². The minimum atomic E-state index is -0.831. The maximum Gasteiger partial charge on any atom is 0.307 e. The summed E-state index contributed by atoms with van der Waals surface area (Å²) in [6, 6.07) is 15.0. The van der Waals surface area contributed by atoms with Gasteiger partial charge in [-0.1, -0.05) is 25.5 Å². The van der Waals surface area contributed by atoms with E-state index < -0.39 is 5.97 Å². The molecule has 0 radical (unpaired) electrons. The molecule has 2 aromatic rings. The standard InChI is InChI=1S/C19H21NO3/c1-2-3-12-23-18-10-6-16(7-11-18)14-20-17-8-4-15(5-9-17)13-19(21)22/h4-11,14H,2-3,12-13H2,1H3,(H,21,22). The molecule has 0 aromatic heterocycles. The molecule has 0 aliphatic rings. The first-order valence-corrected chi connectivity index (χ1v) is 7.75. The monoisotopic (exact) mass is 311 g/mol. The molecule has 0 aliphatic heterocycles. The topological polar surface area (TPSA) is 58.9 Å². The fourth-order valence-electron chi connectivity index (χ4n) is 2.01. The van der Waals surface area contributed by atoms with Gasteiger partial charge in [0.05, 0.1) is 18.7 Å². The molecule has 0 heterocycles. The van der Waals surface area contributed by atoms with Gasteiger partial charge in [-0.05, 0) is 53.9 Å². The predicted octanol–water partition coefficient (Wildman–Crippen LogP) is 4.24. The highest BCUT2D eigenvalue weighted by Gasteiger charge is 1.99. The van der Waals surface area contributed by atoms with Gasteiger partial charge in [-0.25, -0.2) is 0 Å². The van der Waals surface area contributed by atoms with E-state index in [1.165, 1.54) is 0 Å². The van der Waals surface area contributed by atoms with Crippen molar-refractivity contribution in [1.29, 1.82) is 0 Å². The molecule has 2 aromatic carbocycles. The Bertz CT molecular complexity index is 645. The van der Waals surface area contributed by atoms with Crippen molar-refractivity contribution < 1.29 is 14.6 Å². The summed E-state index contributed by atoms with van der Waals surface area (Å²) >= 11 is 0. The molecular weight excluding hydrogens is 290 g/mol. The van der Waals surface area contributed by atoms with Crippen molar-refractivity contribution in [3.8, 4) is 5.75 Å². The van der Waals surface area contributed by atoms with E-state index in [1.54, 1.807) is 18.3 Å². The highest BCUT2D eigenvalue weighted by atomic mass is 16.5. The van der Waals surface area contributed by atoms with E-state index in [2.05, 4.69) is 11.9 Å². The van der Waals surface area contributed by atoms with Crippen LogP contribution in [0.4, 0.5) is 5.69 Å². The number of hydrogen-bond donors (Lipinski definition) is 1. The van der Waals surface area contributed by atoms with Crippen molar-refractivity contribution in [2.45, 2.75) is 26.2 Å². The van der Waals surface area contributed by atoms with Crippen LogP contribution < -0.4 is 4.74 Å². The Balaban J connectivity index is 1.93. The van der Waals surface area contributed by atoms with Crippen molar-refractivity contribution in [3.05, 3.63) is 59.7 Å². The molecule has 0 bridgehead atoms. The first-order valence-electron chi connectivity index (χ1n) is 7.75. The summed E-state index contributed by atoms with van der Waals surface area (Å²) in [5, 5.41) is 8.74. The zero-order valence-electron chi connectivity index (χ0n) is 13.2. The Morgan fingerprint density at radius 1 is 1.13 bits per heavy atom. The van der Waals surface area contributed by atoms with Gasteiger partial charge < -0.3 is 9.84 Å². The summed E-state index contributed by atoms with van der Waals surface area (Å²) in [6.07, 6.45) is 3.99. The van der Waals surface area contributed by atoms with Crippen LogP contribution in [0.25, 0.3) is 0 Å². The third-order valence-electron chi connectivity index (χ3n) is 3.30. The van der Waals surface area contributed by atoms with Crippen molar-refractivity contribution in [2.75, 3.05) is 6.61 Å². The second-order valence-electron chi connectivity index (χ2n) is 5.27. The lowest BCUT2D eigenvalue weighted by Gasteiger charge is -2.04. The number of carboxylic acid groups (broad SMARTS) is 1. The van der Waals surface area contributed by atoms with Gasteiger partial charge in [-0.2, -0.15) is 0 Å². The highest BCUT2D eigenvalue weighted by molar-refractivity contribution is 5.82. The number of unbranched alkanes of at least 4 members (excludes halogenated alkanes) is 1. The third-order valence-corrected chi connectivity index (χ3v) is 3.30. The summed E-state index contributed by atoms with van der Waals surface area (Å²) in [5.74, 6) is 0.0381. The molecule has 0 amide bonds. The van der Waals surface area contributed by atoms with E-state index in [0.29, 0.717) is 0 Å². The number of ether oxygens (including phenoxy) is 1. The van der Waals surface area contributed by atoms with Gasteiger partial charge in [0.1, 0.15) is 5.75 Å². The quantitative estimate of drug-likeness (QED) is 0.586. The van der Waals surface area contributed by atoms with E-state index in [1.807, 2.05) is 36.4 Å². The number of carbonyl (C=O) groups is 1.